The minimum absolute atomic E-state index is 0.408. The first-order valence-electron chi connectivity index (χ1n) is 39.7. The van der Waals surface area contributed by atoms with Crippen LogP contribution in [0.2, 0.25) is 0 Å². The average Bonchev–Trinajstić information content (AvgIpc) is 1.59. The molecule has 2 fully saturated rings. The van der Waals surface area contributed by atoms with Crippen molar-refractivity contribution in [2.75, 3.05) is 13.2 Å². The molecular weight excluding hydrogens is 1500 g/mol. The predicted octanol–water partition coefficient (Wildman–Crippen LogP) is 26.7. The van der Waals surface area contributed by atoms with Gasteiger partial charge in [-0.25, -0.2) is 29.9 Å². The van der Waals surface area contributed by atoms with E-state index in [2.05, 4.69) is 244 Å². The van der Waals surface area contributed by atoms with Crippen LogP contribution in [0, 0.1) is 0 Å². The molecule has 22 rings (SSSR count). The van der Waals surface area contributed by atoms with E-state index < -0.39 is 18.3 Å². The summed E-state index contributed by atoms with van der Waals surface area (Å²) in [5.74, 6) is 3.92. The topological polar surface area (TPSA) is 131 Å². The fourth-order valence-corrected chi connectivity index (χ4v) is 16.3. The van der Waals surface area contributed by atoms with Crippen LogP contribution in [0.25, 0.3) is 189 Å². The van der Waals surface area contributed by atoms with Gasteiger partial charge in [-0.15, -0.1) is 0 Å². The molecule has 13 heteroatoms. The van der Waals surface area contributed by atoms with Crippen LogP contribution in [0.4, 0.5) is 0 Å². The number of fused-ring (bicyclic) bond motifs is 10. The molecule has 0 saturated carbocycles. The first-order valence-corrected chi connectivity index (χ1v) is 40.5. The van der Waals surface area contributed by atoms with Gasteiger partial charge in [0, 0.05) is 83.7 Å². The van der Waals surface area contributed by atoms with Crippen molar-refractivity contribution in [3.05, 3.63) is 356 Å². The molecule has 20 aromatic rings. The zero-order chi connectivity index (χ0) is 79.0. The zero-order valence-electron chi connectivity index (χ0n) is 65.0. The highest BCUT2D eigenvalue weighted by atomic mass is 79.9. The number of halogens is 1. The van der Waals surface area contributed by atoms with Crippen molar-refractivity contribution in [1.82, 2.24) is 29.9 Å². The fourth-order valence-electron chi connectivity index (χ4n) is 15.8. The average molecular weight is 1580 g/mol. The van der Waals surface area contributed by atoms with E-state index in [1.165, 1.54) is 23.6 Å². The molecule has 0 bridgehead atoms. The summed E-state index contributed by atoms with van der Waals surface area (Å²) in [5.41, 5.74) is 16.1. The van der Waals surface area contributed by atoms with Gasteiger partial charge in [0.15, 0.2) is 34.9 Å². The Kier molecular flexibility index (Phi) is 20.0. The lowest BCUT2D eigenvalue weighted by atomic mass is 9.75. The number of nitrogens with zero attached hydrogens (tertiary/aromatic N) is 6. The Labute approximate surface area is 686 Å². The zero-order valence-corrected chi connectivity index (χ0v) is 66.6. The summed E-state index contributed by atoms with van der Waals surface area (Å²) in [6.45, 7) is 10.3. The second-order valence-electron chi connectivity index (χ2n) is 30.4. The number of benzene rings is 16. The van der Waals surface area contributed by atoms with E-state index in [1.54, 1.807) is 0 Å². The third-order valence-electron chi connectivity index (χ3n) is 22.5. The molecule has 0 N–H and O–H groups in total. The first kappa shape index (κ1) is 73.8. The molecule has 16 aromatic carbocycles. The van der Waals surface area contributed by atoms with Gasteiger partial charge in [-0.1, -0.05) is 319 Å². The van der Waals surface area contributed by atoms with Gasteiger partial charge in [-0.3, -0.25) is 0 Å². The maximum absolute atomic E-state index is 6.80. The summed E-state index contributed by atoms with van der Waals surface area (Å²) in [7, 11) is -0.459. The lowest BCUT2D eigenvalue weighted by Crippen LogP contribution is -2.41. The molecule has 2 saturated heterocycles. The Bertz CT molecular complexity index is 6930. The lowest BCUT2D eigenvalue weighted by Gasteiger charge is -2.32. The smallest absolute Gasteiger partial charge is 0.455 e. The van der Waals surface area contributed by atoms with E-state index in [1.807, 2.05) is 152 Å². The Morgan fingerprint density at radius 2 is 0.581 bits per heavy atom. The number of hydrogen-bond donors (Lipinski definition) is 0. The van der Waals surface area contributed by atoms with E-state index in [4.69, 9.17) is 52.8 Å². The second kappa shape index (κ2) is 31.8. The molecule has 0 spiro atoms. The molecule has 117 heavy (non-hydrogen) atoms. The van der Waals surface area contributed by atoms with E-state index in [9.17, 15) is 0 Å². The summed E-state index contributed by atoms with van der Waals surface area (Å²) in [5, 5.41) is 13.5. The monoisotopic (exact) mass is 1580 g/mol. The van der Waals surface area contributed by atoms with Crippen LogP contribution >= 0.6 is 15.9 Å². The largest absolute Gasteiger partial charge is 0.495 e. The standard InChI is InChI=1S/C47H29N3O.C28H25BO3.C25H16BrN3.C4H8O/c1-4-14-30(15-5-1)35-24-26-39(43-41-28-33-20-10-11-21-34(33)29-42(41)51-44(35)43)38-25-27-40(37-23-13-12-22-36(37)38)47-49-45(31-16-6-2-7-17-31)48-46(50-47)32-18-8-3-9-19-32;1-27(2)28(3,4)32-29(31-27)23-15-14-21(18-10-6-5-7-11-18)26-25(23)22-16-19-12-8-9-13-20(19)17-24(22)30-26;26-22-16-15-21(19-13-7-8-14-20(19)22)25-28-23(17-9-3-1-4-10-17)27-24(29-25)18-11-5-2-6-12-18;1-2-4-5-3-1/h1-29H;5-17H,1-4H3;1-16H;1-4H2. The van der Waals surface area contributed by atoms with Crippen molar-refractivity contribution in [1.29, 1.82) is 0 Å². The van der Waals surface area contributed by atoms with Gasteiger partial charge in [0.25, 0.3) is 0 Å². The molecule has 0 amide bonds. The van der Waals surface area contributed by atoms with Crippen molar-refractivity contribution >= 4 is 115 Å². The number of furan rings is 2. The predicted molar refractivity (Wildman–Crippen MR) is 483 cm³/mol. The van der Waals surface area contributed by atoms with Crippen LogP contribution in [-0.2, 0) is 14.0 Å². The van der Waals surface area contributed by atoms with Crippen molar-refractivity contribution < 1.29 is 22.9 Å². The number of ether oxygens (including phenoxy) is 1. The van der Waals surface area contributed by atoms with Crippen molar-refractivity contribution in [2.45, 2.75) is 51.7 Å². The highest BCUT2D eigenvalue weighted by molar-refractivity contribution is 9.10. The van der Waals surface area contributed by atoms with Gasteiger partial charge in [0.1, 0.15) is 22.3 Å². The van der Waals surface area contributed by atoms with E-state index >= 15 is 0 Å². The molecule has 0 aliphatic carbocycles. The Balaban J connectivity index is 0.000000119. The molecule has 4 aromatic heterocycles. The fraction of sp³-hybridized carbons (Fsp3) is 0.0962. The summed E-state index contributed by atoms with van der Waals surface area (Å²) in [4.78, 5) is 29.5. The normalized spacial score (nSPS) is 13.6. The van der Waals surface area contributed by atoms with Gasteiger partial charge in [-0.2, -0.15) is 0 Å². The first-order chi connectivity index (χ1) is 57.4. The molecule has 0 radical (unpaired) electrons. The number of aromatic nitrogens is 6. The molecule has 2 aliphatic rings. The van der Waals surface area contributed by atoms with Crippen LogP contribution in [0.3, 0.4) is 0 Å². The molecule has 0 atom stereocenters. The highest BCUT2D eigenvalue weighted by Crippen LogP contribution is 2.47. The number of hydrogen-bond acceptors (Lipinski definition) is 11. The SMILES string of the molecule is Brc1ccc(-c2nc(-c3ccccc3)nc(-c3ccccc3)n2)c2ccccc12.C1CCOC1.CC1(C)OB(c2ccc(-c3ccccc3)c3oc4cc5ccccc5cc4c23)OC1(C)C.c1ccc(-c2nc(-c3ccccc3)nc(-c3ccc(-c4ccc(-c5ccccc5)c5oc6cc7ccccc7cc6c45)c4ccccc34)n2)cc1. The van der Waals surface area contributed by atoms with Gasteiger partial charge in [0.05, 0.1) is 11.2 Å². The summed E-state index contributed by atoms with van der Waals surface area (Å²) in [6.07, 6.45) is 2.56. The van der Waals surface area contributed by atoms with Gasteiger partial charge < -0.3 is 22.9 Å². The third kappa shape index (κ3) is 14.6. The van der Waals surface area contributed by atoms with Crippen LogP contribution in [0.5, 0.6) is 0 Å². The number of rotatable bonds is 10. The molecule has 11 nitrogen and oxygen atoms in total. The van der Waals surface area contributed by atoms with Crippen LogP contribution in [-0.4, -0.2) is 61.4 Å². The van der Waals surface area contributed by atoms with Gasteiger partial charge in [0.2, 0.25) is 0 Å². The Morgan fingerprint density at radius 3 is 1.00 bits per heavy atom. The molecule has 564 valence electrons. The summed E-state index contributed by atoms with van der Waals surface area (Å²) < 4.78 is 32.2. The van der Waals surface area contributed by atoms with Crippen LogP contribution < -0.4 is 5.46 Å². The van der Waals surface area contributed by atoms with Gasteiger partial charge in [-0.05, 0) is 160 Å². The Morgan fingerprint density at radius 1 is 0.274 bits per heavy atom. The second-order valence-corrected chi connectivity index (χ2v) is 31.3. The molecule has 0 unspecified atom stereocenters. The summed E-state index contributed by atoms with van der Waals surface area (Å²) >= 11 is 3.65. The quantitative estimate of drug-likeness (QED) is 0.121. The highest BCUT2D eigenvalue weighted by Gasteiger charge is 2.52. The van der Waals surface area contributed by atoms with Gasteiger partial charge >= 0.3 is 7.12 Å². The lowest BCUT2D eigenvalue weighted by molar-refractivity contribution is 0.00578. The molecular formula is C104H78BBrN6O5. The molecule has 6 heterocycles. The van der Waals surface area contributed by atoms with E-state index in [0.29, 0.717) is 34.9 Å². The maximum Gasteiger partial charge on any atom is 0.495 e. The van der Waals surface area contributed by atoms with Crippen LogP contribution in [0.15, 0.2) is 365 Å². The van der Waals surface area contributed by atoms with Crippen molar-refractivity contribution in [3.63, 3.8) is 0 Å². The Hall–Kier alpha value is -13.4. The summed E-state index contributed by atoms with van der Waals surface area (Å²) in [6, 6.07) is 121. The van der Waals surface area contributed by atoms with Crippen molar-refractivity contribution in [3.8, 4) is 102 Å². The minimum Gasteiger partial charge on any atom is -0.455 e. The van der Waals surface area contributed by atoms with Crippen molar-refractivity contribution in [2.24, 2.45) is 0 Å². The van der Waals surface area contributed by atoms with E-state index in [-0.39, 0.29) is 0 Å². The van der Waals surface area contributed by atoms with Crippen LogP contribution in [0.1, 0.15) is 40.5 Å². The minimum atomic E-state index is -0.459. The van der Waals surface area contributed by atoms with E-state index in [0.717, 1.165) is 166 Å². The molecule has 2 aliphatic heterocycles. The maximum atomic E-state index is 6.80. The third-order valence-corrected chi connectivity index (χ3v) is 23.2.